The van der Waals surface area contributed by atoms with Crippen LogP contribution in [-0.2, 0) is 0 Å². The van der Waals surface area contributed by atoms with Gasteiger partial charge >= 0.3 is 0 Å². The van der Waals surface area contributed by atoms with E-state index in [0.717, 1.165) is 18.7 Å². The molecule has 0 atom stereocenters. The van der Waals surface area contributed by atoms with Crippen molar-refractivity contribution in [1.82, 2.24) is 0 Å². The Hall–Kier alpha value is -0.100. The lowest BCUT2D eigenvalue weighted by Gasteiger charge is -1.88. The molecule has 0 unspecified atom stereocenters. The first-order chi connectivity index (χ1) is 11.4. The van der Waals surface area contributed by atoms with E-state index in [1.54, 1.807) is 12.1 Å². The zero-order valence-corrected chi connectivity index (χ0v) is 18.8. The van der Waals surface area contributed by atoms with E-state index in [9.17, 15) is 0 Å². The maximum Gasteiger partial charge on any atom is 0.0592 e. The quantitative estimate of drug-likeness (QED) is 0.271. The molecule has 0 bridgehead atoms. The summed E-state index contributed by atoms with van der Waals surface area (Å²) < 4.78 is 2.19. The second-order valence-corrected chi connectivity index (χ2v) is 8.05. The summed E-state index contributed by atoms with van der Waals surface area (Å²) in [5, 5.41) is 1.21. The van der Waals surface area contributed by atoms with Gasteiger partial charge in [-0.05, 0) is 60.7 Å². The van der Waals surface area contributed by atoms with Gasteiger partial charge in [-0.1, -0.05) is 67.2 Å². The highest BCUT2D eigenvalue weighted by Crippen LogP contribution is 2.19. The molecule has 0 saturated heterocycles. The molecule has 3 rings (SSSR count). The van der Waals surface area contributed by atoms with Crippen molar-refractivity contribution in [3.63, 3.8) is 0 Å². The van der Waals surface area contributed by atoms with Gasteiger partial charge in [0.1, 0.15) is 0 Å². The first kappa shape index (κ1) is 21.9. The summed E-state index contributed by atoms with van der Waals surface area (Å²) in [6, 6.07) is 22.8. The number of halogens is 4. The highest BCUT2D eigenvalue weighted by Gasteiger charge is 1.89. The molecule has 0 radical (unpaired) electrons. The van der Waals surface area contributed by atoms with Crippen molar-refractivity contribution in [2.45, 2.75) is 9.79 Å². The highest BCUT2D eigenvalue weighted by atomic mass is 79.9. The van der Waals surface area contributed by atoms with Crippen molar-refractivity contribution in [2.24, 2.45) is 0 Å². The van der Waals surface area contributed by atoms with Crippen LogP contribution in [0.5, 0.6) is 0 Å². The first-order valence-electron chi connectivity index (χ1n) is 6.67. The lowest BCUT2D eigenvalue weighted by atomic mass is 10.4. The molecule has 0 saturated carbocycles. The van der Waals surface area contributed by atoms with Gasteiger partial charge in [-0.15, -0.1) is 25.3 Å². The maximum absolute atomic E-state index is 5.58. The van der Waals surface area contributed by atoms with Crippen LogP contribution >= 0.6 is 80.3 Å². The maximum atomic E-state index is 5.58. The molecule has 0 N–H and O–H groups in total. The molecular weight excluding hydrogens is 511 g/mol. The van der Waals surface area contributed by atoms with E-state index in [2.05, 4.69) is 57.1 Å². The third kappa shape index (κ3) is 10.0. The summed E-state index contributed by atoms with van der Waals surface area (Å²) >= 11 is 26.0. The Morgan fingerprint density at radius 2 is 0.833 bits per heavy atom. The Bertz CT molecular complexity index is 626. The van der Waals surface area contributed by atoms with Crippen molar-refractivity contribution in [3.05, 3.63) is 91.8 Å². The number of thiol groups is 2. The molecule has 0 amide bonds. The Morgan fingerprint density at radius 1 is 0.542 bits per heavy atom. The Labute approximate surface area is 180 Å². The van der Waals surface area contributed by atoms with Crippen LogP contribution in [0.15, 0.2) is 91.5 Å². The van der Waals surface area contributed by atoms with Crippen LogP contribution in [0.2, 0.25) is 10.0 Å². The largest absolute Gasteiger partial charge is 0.143 e. The second kappa shape index (κ2) is 12.3. The van der Waals surface area contributed by atoms with Crippen LogP contribution in [-0.4, -0.2) is 0 Å². The standard InChI is InChI=1S/2C6H5BrS.C6H4Cl2/c2*7-5-1-3-6(8)4-2-5;7-5-3-1-2-4-6(5)8/h2*1-4,8H;1-4H. The summed E-state index contributed by atoms with van der Waals surface area (Å²) in [6.45, 7) is 0. The van der Waals surface area contributed by atoms with Gasteiger partial charge < -0.3 is 0 Å². The summed E-state index contributed by atoms with van der Waals surface area (Å²) in [5.41, 5.74) is 0. The Kier molecular flexibility index (Phi) is 11.2. The van der Waals surface area contributed by atoms with E-state index in [0.29, 0.717) is 10.0 Å². The lowest BCUT2D eigenvalue weighted by Crippen LogP contribution is -1.62. The zero-order chi connectivity index (χ0) is 17.9. The highest BCUT2D eigenvalue weighted by molar-refractivity contribution is 9.10. The summed E-state index contributed by atoms with van der Waals surface area (Å²) in [6.07, 6.45) is 0. The van der Waals surface area contributed by atoms with Gasteiger partial charge in [-0.25, -0.2) is 0 Å². The van der Waals surface area contributed by atoms with E-state index in [1.807, 2.05) is 60.7 Å². The predicted molar refractivity (Wildman–Crippen MR) is 119 cm³/mol. The molecule has 0 aliphatic heterocycles. The van der Waals surface area contributed by atoms with Crippen molar-refractivity contribution in [2.75, 3.05) is 0 Å². The van der Waals surface area contributed by atoms with Gasteiger partial charge in [-0.2, -0.15) is 0 Å². The number of benzene rings is 3. The molecule has 3 aromatic rings. The summed E-state index contributed by atoms with van der Waals surface area (Å²) in [5.74, 6) is 0. The molecule has 24 heavy (non-hydrogen) atoms. The van der Waals surface area contributed by atoms with Crippen molar-refractivity contribution < 1.29 is 0 Å². The van der Waals surface area contributed by atoms with Crippen LogP contribution in [0.4, 0.5) is 0 Å². The van der Waals surface area contributed by atoms with Gasteiger partial charge in [0.15, 0.2) is 0 Å². The average molecular weight is 525 g/mol. The van der Waals surface area contributed by atoms with Crippen molar-refractivity contribution in [3.8, 4) is 0 Å². The van der Waals surface area contributed by atoms with Gasteiger partial charge in [0.2, 0.25) is 0 Å². The van der Waals surface area contributed by atoms with Crippen molar-refractivity contribution >= 4 is 80.3 Å². The van der Waals surface area contributed by atoms with Gasteiger partial charge in [-0.3, -0.25) is 0 Å². The van der Waals surface area contributed by atoms with Crippen molar-refractivity contribution in [1.29, 1.82) is 0 Å². The Balaban J connectivity index is 0.000000180. The molecule has 0 spiro atoms. The molecular formula is C18H14Br2Cl2S2. The lowest BCUT2D eigenvalue weighted by molar-refractivity contribution is 1.46. The van der Waals surface area contributed by atoms with Crippen LogP contribution in [0.25, 0.3) is 0 Å². The van der Waals surface area contributed by atoms with Crippen LogP contribution in [0, 0.1) is 0 Å². The third-order valence-corrected chi connectivity index (χ3v) is 4.89. The van der Waals surface area contributed by atoms with Crippen LogP contribution < -0.4 is 0 Å². The number of rotatable bonds is 0. The van der Waals surface area contributed by atoms with Crippen LogP contribution in [0.1, 0.15) is 0 Å². The van der Waals surface area contributed by atoms with E-state index < -0.39 is 0 Å². The molecule has 6 heteroatoms. The molecule has 3 aromatic carbocycles. The fourth-order valence-electron chi connectivity index (χ4n) is 1.32. The molecule has 0 aliphatic rings. The van der Waals surface area contributed by atoms with Crippen LogP contribution in [0.3, 0.4) is 0 Å². The average Bonchev–Trinajstić information content (AvgIpc) is 2.57. The Morgan fingerprint density at radius 3 is 1.04 bits per heavy atom. The molecule has 126 valence electrons. The third-order valence-electron chi connectivity index (χ3n) is 2.48. The topological polar surface area (TPSA) is 0 Å². The van der Waals surface area contributed by atoms with Gasteiger partial charge in [0, 0.05) is 18.7 Å². The van der Waals surface area contributed by atoms with E-state index >= 15 is 0 Å². The number of hydrogen-bond acceptors (Lipinski definition) is 2. The molecule has 0 heterocycles. The van der Waals surface area contributed by atoms with Gasteiger partial charge in [0.05, 0.1) is 10.0 Å². The normalized spacial score (nSPS) is 9.25. The van der Waals surface area contributed by atoms with Gasteiger partial charge in [0.25, 0.3) is 0 Å². The fraction of sp³-hybridized carbons (Fsp3) is 0. The first-order valence-corrected chi connectivity index (χ1v) is 9.91. The minimum atomic E-state index is 0.606. The number of hydrogen-bond donors (Lipinski definition) is 2. The molecule has 0 fully saturated rings. The molecule has 0 aromatic heterocycles. The molecule has 0 aliphatic carbocycles. The van der Waals surface area contributed by atoms with E-state index in [4.69, 9.17) is 23.2 Å². The summed E-state index contributed by atoms with van der Waals surface area (Å²) in [7, 11) is 0. The SMILES string of the molecule is Clc1ccccc1Cl.Sc1ccc(Br)cc1.Sc1ccc(Br)cc1. The monoisotopic (exact) mass is 522 g/mol. The summed E-state index contributed by atoms with van der Waals surface area (Å²) in [4.78, 5) is 1.99. The smallest absolute Gasteiger partial charge is 0.0592 e. The minimum absolute atomic E-state index is 0.606. The fourth-order valence-corrected chi connectivity index (χ4v) is 2.42. The van der Waals surface area contributed by atoms with E-state index in [-0.39, 0.29) is 0 Å². The predicted octanol–water partition coefficient (Wildman–Crippen LogP) is 8.47. The minimum Gasteiger partial charge on any atom is -0.143 e. The second-order valence-electron chi connectivity index (χ2n) is 4.37. The van der Waals surface area contributed by atoms with E-state index in [1.165, 1.54) is 0 Å². The molecule has 0 nitrogen and oxygen atoms in total. The zero-order valence-electron chi connectivity index (χ0n) is 12.3.